The molecule has 2 N–H and O–H groups in total. The fourth-order valence-corrected chi connectivity index (χ4v) is 4.49. The molecule has 0 unspecified atom stereocenters. The van der Waals surface area contributed by atoms with Crippen LogP contribution in [0.2, 0.25) is 0 Å². The topological polar surface area (TPSA) is 59.1 Å². The number of hydrogen-bond acceptors (Lipinski definition) is 6. The quantitative estimate of drug-likeness (QED) is 0.783. The van der Waals surface area contributed by atoms with E-state index in [0.29, 0.717) is 12.0 Å². The van der Waals surface area contributed by atoms with E-state index < -0.39 is 0 Å². The summed E-state index contributed by atoms with van der Waals surface area (Å²) >= 11 is 1.77. The first-order valence-corrected chi connectivity index (χ1v) is 9.98. The minimum absolute atomic E-state index is 0.561. The van der Waals surface area contributed by atoms with Crippen molar-refractivity contribution in [2.45, 2.75) is 51.1 Å². The molecule has 0 aromatic carbocycles. The second kappa shape index (κ2) is 7.76. The van der Waals surface area contributed by atoms with Crippen LogP contribution in [0.3, 0.4) is 0 Å². The van der Waals surface area contributed by atoms with Crippen molar-refractivity contribution in [1.82, 2.24) is 15.3 Å². The highest BCUT2D eigenvalue weighted by Crippen LogP contribution is 2.30. The van der Waals surface area contributed by atoms with E-state index in [1.54, 1.807) is 17.7 Å². The van der Waals surface area contributed by atoms with Crippen LogP contribution in [0.15, 0.2) is 12.4 Å². The van der Waals surface area contributed by atoms with Crippen molar-refractivity contribution in [3.63, 3.8) is 0 Å². The molecular weight excluding hydrogens is 320 g/mol. The Morgan fingerprint density at radius 3 is 2.71 bits per heavy atom. The van der Waals surface area contributed by atoms with Crippen LogP contribution >= 0.6 is 11.3 Å². The largest absolute Gasteiger partial charge is 0.381 e. The van der Waals surface area contributed by atoms with Gasteiger partial charge >= 0.3 is 0 Å². The van der Waals surface area contributed by atoms with E-state index in [4.69, 9.17) is 4.74 Å². The summed E-state index contributed by atoms with van der Waals surface area (Å²) in [7, 11) is 0. The lowest BCUT2D eigenvalue weighted by molar-refractivity contribution is -0.0307. The monoisotopic (exact) mass is 346 g/mol. The van der Waals surface area contributed by atoms with Gasteiger partial charge < -0.3 is 15.4 Å². The maximum Gasteiger partial charge on any atom is 0.138 e. The fourth-order valence-electron chi connectivity index (χ4n) is 3.53. The first-order valence-electron chi connectivity index (χ1n) is 9.17. The molecule has 1 aliphatic carbocycles. The molecule has 0 bridgehead atoms. The zero-order valence-corrected chi connectivity index (χ0v) is 14.9. The molecule has 3 heterocycles. The number of rotatable bonds is 6. The summed E-state index contributed by atoms with van der Waals surface area (Å²) in [5.74, 6) is 1.70. The molecule has 1 aliphatic heterocycles. The highest BCUT2D eigenvalue weighted by atomic mass is 32.1. The lowest BCUT2D eigenvalue weighted by Gasteiger charge is -2.25. The van der Waals surface area contributed by atoms with Crippen molar-refractivity contribution in [1.29, 1.82) is 0 Å². The minimum Gasteiger partial charge on any atom is -0.381 e. The predicted octanol–water partition coefficient (Wildman–Crippen LogP) is 3.56. The maximum absolute atomic E-state index is 5.22. The summed E-state index contributed by atoms with van der Waals surface area (Å²) in [5, 5.41) is 8.40. The van der Waals surface area contributed by atoms with Crippen molar-refractivity contribution in [3.05, 3.63) is 17.3 Å². The number of ether oxygens (including phenoxy) is 1. The molecule has 1 saturated heterocycles. The lowest BCUT2D eigenvalue weighted by atomic mass is 10.1. The Morgan fingerprint density at radius 1 is 1.12 bits per heavy atom. The molecule has 2 aromatic heterocycles. The van der Waals surface area contributed by atoms with Crippen LogP contribution in [0, 0.1) is 5.92 Å². The summed E-state index contributed by atoms with van der Waals surface area (Å²) in [4.78, 5) is 11.4. The van der Waals surface area contributed by atoms with E-state index in [1.807, 2.05) is 0 Å². The Bertz CT molecular complexity index is 662. The van der Waals surface area contributed by atoms with Gasteiger partial charge in [-0.3, -0.25) is 0 Å². The zero-order valence-electron chi connectivity index (χ0n) is 14.1. The molecule has 24 heavy (non-hydrogen) atoms. The van der Waals surface area contributed by atoms with E-state index in [-0.39, 0.29) is 0 Å². The Morgan fingerprint density at radius 2 is 1.96 bits per heavy atom. The van der Waals surface area contributed by atoms with Gasteiger partial charge in [0.05, 0.1) is 18.6 Å². The SMILES string of the molecule is c1nc(NC2CCCCCC2)c2cc(CNCC3COC3)sc2n1. The molecule has 5 nitrogen and oxygen atoms in total. The molecule has 2 aliphatic rings. The van der Waals surface area contributed by atoms with Crippen molar-refractivity contribution in [2.24, 2.45) is 5.92 Å². The van der Waals surface area contributed by atoms with Crippen LogP contribution in [0.4, 0.5) is 5.82 Å². The summed E-state index contributed by atoms with van der Waals surface area (Å²) < 4.78 is 5.22. The molecule has 0 atom stereocenters. The molecule has 2 fully saturated rings. The Balaban J connectivity index is 1.42. The molecule has 130 valence electrons. The van der Waals surface area contributed by atoms with E-state index in [1.165, 1.54) is 48.8 Å². The summed E-state index contributed by atoms with van der Waals surface area (Å²) in [5.41, 5.74) is 0. The smallest absolute Gasteiger partial charge is 0.138 e. The molecule has 2 aromatic rings. The first-order chi connectivity index (χ1) is 11.9. The van der Waals surface area contributed by atoms with Gasteiger partial charge in [0.1, 0.15) is 17.0 Å². The number of hydrogen-bond donors (Lipinski definition) is 2. The van der Waals surface area contributed by atoms with Gasteiger partial charge in [-0.1, -0.05) is 25.7 Å². The van der Waals surface area contributed by atoms with E-state index in [0.717, 1.165) is 37.0 Å². The fraction of sp³-hybridized carbons (Fsp3) is 0.667. The number of nitrogens with one attached hydrogen (secondary N) is 2. The average molecular weight is 347 g/mol. The van der Waals surface area contributed by atoms with E-state index in [2.05, 4.69) is 26.7 Å². The van der Waals surface area contributed by atoms with Crippen LogP contribution < -0.4 is 10.6 Å². The maximum atomic E-state index is 5.22. The summed E-state index contributed by atoms with van der Waals surface area (Å²) in [6.07, 6.45) is 9.61. The number of fused-ring (bicyclic) bond motifs is 1. The second-order valence-corrected chi connectivity index (χ2v) is 8.14. The summed E-state index contributed by atoms with van der Waals surface area (Å²) in [6.45, 7) is 3.74. The third-order valence-electron chi connectivity index (χ3n) is 5.02. The molecule has 1 saturated carbocycles. The Kier molecular flexibility index (Phi) is 5.25. The van der Waals surface area contributed by atoms with Crippen molar-refractivity contribution >= 4 is 27.4 Å². The zero-order chi connectivity index (χ0) is 16.2. The number of aromatic nitrogens is 2. The minimum atomic E-state index is 0.561. The summed E-state index contributed by atoms with van der Waals surface area (Å²) in [6, 6.07) is 2.81. The Labute approximate surface area is 147 Å². The number of nitrogens with zero attached hydrogens (tertiary/aromatic N) is 2. The van der Waals surface area contributed by atoms with Gasteiger partial charge in [-0.2, -0.15) is 0 Å². The number of thiophene rings is 1. The van der Waals surface area contributed by atoms with Gasteiger partial charge in [0.25, 0.3) is 0 Å². The number of anilines is 1. The van der Waals surface area contributed by atoms with Crippen LogP contribution in [0.25, 0.3) is 10.2 Å². The third kappa shape index (κ3) is 3.87. The van der Waals surface area contributed by atoms with Crippen LogP contribution in [-0.4, -0.2) is 35.8 Å². The van der Waals surface area contributed by atoms with Crippen LogP contribution in [0.5, 0.6) is 0 Å². The van der Waals surface area contributed by atoms with Gasteiger partial charge in [-0.05, 0) is 18.9 Å². The van der Waals surface area contributed by atoms with Crippen molar-refractivity contribution < 1.29 is 4.74 Å². The normalized spacial score (nSPS) is 20.0. The van der Waals surface area contributed by atoms with Crippen LogP contribution in [-0.2, 0) is 11.3 Å². The van der Waals surface area contributed by atoms with Gasteiger partial charge in [0.2, 0.25) is 0 Å². The standard InChI is InChI=1S/C18H26N4OS/c1-2-4-6-14(5-3-1)22-17-16-7-15(24-18(16)21-12-20-17)9-19-8-13-10-23-11-13/h7,12-14,19H,1-6,8-11H2,(H,20,21,22). The predicted molar refractivity (Wildman–Crippen MR) is 98.5 cm³/mol. The molecular formula is C18H26N4OS. The van der Waals surface area contributed by atoms with Crippen LogP contribution in [0.1, 0.15) is 43.4 Å². The van der Waals surface area contributed by atoms with Gasteiger partial charge in [0.15, 0.2) is 0 Å². The van der Waals surface area contributed by atoms with Gasteiger partial charge in [-0.15, -0.1) is 11.3 Å². The van der Waals surface area contributed by atoms with Crippen molar-refractivity contribution in [2.75, 3.05) is 25.1 Å². The third-order valence-corrected chi connectivity index (χ3v) is 6.06. The highest BCUT2D eigenvalue weighted by Gasteiger charge is 2.18. The van der Waals surface area contributed by atoms with Crippen molar-refractivity contribution in [3.8, 4) is 0 Å². The van der Waals surface area contributed by atoms with E-state index >= 15 is 0 Å². The molecule has 4 rings (SSSR count). The lowest BCUT2D eigenvalue weighted by Crippen LogP contribution is -2.36. The molecule has 6 heteroatoms. The second-order valence-electron chi connectivity index (χ2n) is 7.02. The van der Waals surface area contributed by atoms with Gasteiger partial charge in [0, 0.05) is 29.9 Å². The molecule has 0 amide bonds. The highest BCUT2D eigenvalue weighted by molar-refractivity contribution is 7.18. The average Bonchev–Trinajstić information content (AvgIpc) is 2.79. The van der Waals surface area contributed by atoms with Gasteiger partial charge in [-0.25, -0.2) is 9.97 Å². The Hall–Kier alpha value is -1.24. The molecule has 0 spiro atoms. The van der Waals surface area contributed by atoms with E-state index in [9.17, 15) is 0 Å². The first kappa shape index (κ1) is 16.2. The molecule has 0 radical (unpaired) electrons.